The number of benzene rings is 1. The predicted molar refractivity (Wildman–Crippen MR) is 80.6 cm³/mol. The number of hydrogen-bond acceptors (Lipinski definition) is 4. The maximum Gasteiger partial charge on any atom is 0.325 e. The molecule has 2 heterocycles. The molecule has 1 saturated heterocycles. The number of carbonyl (C=O) groups excluding carboxylic acids is 2. The molecule has 0 unspecified atom stereocenters. The van der Waals surface area contributed by atoms with Gasteiger partial charge in [-0.25, -0.2) is 4.79 Å². The van der Waals surface area contributed by atoms with Crippen LogP contribution >= 0.6 is 0 Å². The molecule has 3 amide bonds. The van der Waals surface area contributed by atoms with Crippen molar-refractivity contribution in [1.82, 2.24) is 10.1 Å². The quantitative estimate of drug-likeness (QED) is 0.935. The molecule has 7 nitrogen and oxygen atoms in total. The fourth-order valence-electron chi connectivity index (χ4n) is 2.36. The highest BCUT2D eigenvalue weighted by molar-refractivity contribution is 5.99. The third-order valence-corrected chi connectivity index (χ3v) is 3.39. The Morgan fingerprint density at radius 3 is 2.77 bits per heavy atom. The number of rotatable bonds is 4. The topological polar surface area (TPSA) is 78.7 Å². The summed E-state index contributed by atoms with van der Waals surface area (Å²) in [5, 5.41) is 6.30. The number of nitrogens with one attached hydrogen (secondary N) is 1. The fourth-order valence-corrected chi connectivity index (χ4v) is 2.36. The Morgan fingerprint density at radius 2 is 2.09 bits per heavy atom. The van der Waals surface area contributed by atoms with Crippen LogP contribution in [-0.2, 0) is 4.79 Å². The van der Waals surface area contributed by atoms with Crippen molar-refractivity contribution in [2.75, 3.05) is 29.9 Å². The van der Waals surface area contributed by atoms with Gasteiger partial charge in [0.15, 0.2) is 5.82 Å². The summed E-state index contributed by atoms with van der Waals surface area (Å²) in [7, 11) is 0. The number of urea groups is 1. The second-order valence-electron chi connectivity index (χ2n) is 5.06. The van der Waals surface area contributed by atoms with Crippen molar-refractivity contribution in [1.29, 1.82) is 0 Å². The van der Waals surface area contributed by atoms with Gasteiger partial charge in [-0.3, -0.25) is 9.69 Å². The Morgan fingerprint density at radius 1 is 1.32 bits per heavy atom. The van der Waals surface area contributed by atoms with E-state index in [-0.39, 0.29) is 18.5 Å². The molecule has 0 radical (unpaired) electrons. The van der Waals surface area contributed by atoms with E-state index in [0.29, 0.717) is 24.7 Å². The van der Waals surface area contributed by atoms with Crippen LogP contribution in [0.25, 0.3) is 0 Å². The Labute approximate surface area is 127 Å². The second kappa shape index (κ2) is 5.88. The van der Waals surface area contributed by atoms with E-state index in [1.165, 1.54) is 4.90 Å². The van der Waals surface area contributed by atoms with E-state index >= 15 is 0 Å². The molecule has 1 aliphatic rings. The number of anilines is 2. The first-order valence-electron chi connectivity index (χ1n) is 6.98. The maximum atomic E-state index is 12.3. The minimum Gasteiger partial charge on any atom is -0.360 e. The van der Waals surface area contributed by atoms with Crippen molar-refractivity contribution in [3.63, 3.8) is 0 Å². The zero-order valence-corrected chi connectivity index (χ0v) is 12.2. The van der Waals surface area contributed by atoms with Crippen molar-refractivity contribution in [2.24, 2.45) is 0 Å². The standard InChI is InChI=1S/C15H16N4O3/c1-11-9-13(17-22-11)16-14(20)10-18-7-8-19(15(18)21)12-5-3-2-4-6-12/h2-6,9H,7-8,10H2,1H3,(H,16,17,20). The lowest BCUT2D eigenvalue weighted by molar-refractivity contribution is -0.116. The molecular formula is C15H16N4O3. The highest BCUT2D eigenvalue weighted by Gasteiger charge is 2.30. The van der Waals surface area contributed by atoms with E-state index < -0.39 is 0 Å². The molecule has 1 aliphatic heterocycles. The third kappa shape index (κ3) is 2.93. The Kier molecular flexibility index (Phi) is 3.78. The summed E-state index contributed by atoms with van der Waals surface area (Å²) in [6.07, 6.45) is 0. The number of hydrogen-bond donors (Lipinski definition) is 1. The van der Waals surface area contributed by atoms with Crippen molar-refractivity contribution in [2.45, 2.75) is 6.92 Å². The number of amides is 3. The van der Waals surface area contributed by atoms with E-state index in [1.54, 1.807) is 17.9 Å². The maximum absolute atomic E-state index is 12.3. The summed E-state index contributed by atoms with van der Waals surface area (Å²) in [6.45, 7) is 2.82. The molecule has 0 spiro atoms. The van der Waals surface area contributed by atoms with E-state index in [1.807, 2.05) is 30.3 Å². The average molecular weight is 300 g/mol. The first-order valence-corrected chi connectivity index (χ1v) is 6.98. The molecule has 22 heavy (non-hydrogen) atoms. The second-order valence-corrected chi connectivity index (χ2v) is 5.06. The molecule has 1 aromatic carbocycles. The summed E-state index contributed by atoms with van der Waals surface area (Å²) < 4.78 is 4.88. The van der Waals surface area contributed by atoms with Gasteiger partial charge in [-0.2, -0.15) is 0 Å². The van der Waals surface area contributed by atoms with Crippen molar-refractivity contribution in [3.05, 3.63) is 42.2 Å². The minimum absolute atomic E-state index is 0.00588. The summed E-state index contributed by atoms with van der Waals surface area (Å²) in [4.78, 5) is 27.5. The molecule has 1 fully saturated rings. The molecule has 0 aliphatic carbocycles. The highest BCUT2D eigenvalue weighted by Crippen LogP contribution is 2.19. The summed E-state index contributed by atoms with van der Waals surface area (Å²) in [6, 6.07) is 10.9. The lowest BCUT2D eigenvalue weighted by Crippen LogP contribution is -2.37. The molecule has 0 bridgehead atoms. The van der Waals surface area contributed by atoms with Crippen LogP contribution in [0.5, 0.6) is 0 Å². The molecule has 3 rings (SSSR count). The van der Waals surface area contributed by atoms with Crippen LogP contribution in [0.4, 0.5) is 16.3 Å². The van der Waals surface area contributed by atoms with Crippen LogP contribution in [0.3, 0.4) is 0 Å². The van der Waals surface area contributed by atoms with Gasteiger partial charge >= 0.3 is 6.03 Å². The van der Waals surface area contributed by atoms with Crippen molar-refractivity contribution >= 4 is 23.4 Å². The van der Waals surface area contributed by atoms with Gasteiger partial charge in [-0.15, -0.1) is 0 Å². The van der Waals surface area contributed by atoms with Crippen molar-refractivity contribution < 1.29 is 14.1 Å². The lowest BCUT2D eigenvalue weighted by Gasteiger charge is -2.18. The number of carbonyl (C=O) groups is 2. The van der Waals surface area contributed by atoms with Crippen LogP contribution in [-0.4, -0.2) is 41.6 Å². The summed E-state index contributed by atoms with van der Waals surface area (Å²) >= 11 is 0. The number of aromatic nitrogens is 1. The molecule has 2 aromatic rings. The molecular weight excluding hydrogens is 284 g/mol. The molecule has 1 aromatic heterocycles. The van der Waals surface area contributed by atoms with Gasteiger partial charge in [0.25, 0.3) is 0 Å². The number of nitrogens with zero attached hydrogens (tertiary/aromatic N) is 3. The van der Waals surface area contributed by atoms with E-state index in [2.05, 4.69) is 10.5 Å². The molecule has 0 atom stereocenters. The van der Waals surface area contributed by atoms with E-state index in [9.17, 15) is 9.59 Å². The minimum atomic E-state index is -0.295. The summed E-state index contributed by atoms with van der Waals surface area (Å²) in [5.74, 6) is 0.674. The molecule has 0 saturated carbocycles. The fraction of sp³-hybridized carbons (Fsp3) is 0.267. The highest BCUT2D eigenvalue weighted by atomic mass is 16.5. The van der Waals surface area contributed by atoms with Crippen LogP contribution in [0.15, 0.2) is 40.9 Å². The van der Waals surface area contributed by atoms with Gasteiger partial charge in [-0.05, 0) is 19.1 Å². The number of aryl methyl sites for hydroxylation is 1. The van der Waals surface area contributed by atoms with E-state index in [4.69, 9.17) is 4.52 Å². The summed E-state index contributed by atoms with van der Waals surface area (Å²) in [5.41, 5.74) is 0.836. The van der Waals surface area contributed by atoms with E-state index in [0.717, 1.165) is 5.69 Å². The van der Waals surface area contributed by atoms with Gasteiger partial charge in [0.1, 0.15) is 12.3 Å². The van der Waals surface area contributed by atoms with Crippen molar-refractivity contribution in [3.8, 4) is 0 Å². The largest absolute Gasteiger partial charge is 0.360 e. The first kappa shape index (κ1) is 14.1. The van der Waals surface area contributed by atoms with Crippen LogP contribution in [0.1, 0.15) is 5.76 Å². The Balaban J connectivity index is 1.60. The zero-order valence-electron chi connectivity index (χ0n) is 12.2. The SMILES string of the molecule is Cc1cc(NC(=O)CN2CCN(c3ccccc3)C2=O)no1. The zero-order chi connectivity index (χ0) is 15.5. The Hall–Kier alpha value is -2.83. The first-order chi connectivity index (χ1) is 10.6. The normalized spacial score (nSPS) is 14.5. The van der Waals surface area contributed by atoms with Crippen LogP contribution in [0.2, 0.25) is 0 Å². The number of para-hydroxylation sites is 1. The average Bonchev–Trinajstić information content (AvgIpc) is 3.07. The van der Waals surface area contributed by atoms with Gasteiger partial charge in [0.2, 0.25) is 5.91 Å². The van der Waals surface area contributed by atoms with Crippen LogP contribution in [0, 0.1) is 6.92 Å². The third-order valence-electron chi connectivity index (χ3n) is 3.39. The Bertz CT molecular complexity index is 683. The van der Waals surface area contributed by atoms with Gasteiger partial charge in [0, 0.05) is 24.8 Å². The van der Waals surface area contributed by atoms with Crippen LogP contribution < -0.4 is 10.2 Å². The molecule has 114 valence electrons. The molecule has 1 N–H and O–H groups in total. The molecule has 7 heteroatoms. The van der Waals surface area contributed by atoms with Gasteiger partial charge < -0.3 is 14.7 Å². The smallest absolute Gasteiger partial charge is 0.325 e. The predicted octanol–water partition coefficient (Wildman–Crippen LogP) is 1.86. The van der Waals surface area contributed by atoms with Gasteiger partial charge in [-0.1, -0.05) is 23.4 Å². The lowest BCUT2D eigenvalue weighted by atomic mass is 10.3. The van der Waals surface area contributed by atoms with Gasteiger partial charge in [0.05, 0.1) is 0 Å². The monoisotopic (exact) mass is 300 g/mol.